The number of alkyl halides is 3. The van der Waals surface area contributed by atoms with Gasteiger partial charge in [0.2, 0.25) is 11.8 Å². The standard InChI is InChI=1S/C17H18F3N3O5/c1-21-13(24)7-22-14(25)9-28-16(27)10-5-15(26)23(8-10)12-4-2-3-11(6-12)17(18,19)20/h2-4,6,10H,5,7-9H2,1H3,(H,21,24)(H,22,25)/t10-/m1/s1. The summed E-state index contributed by atoms with van der Waals surface area (Å²) in [4.78, 5) is 47.8. The molecule has 1 saturated heterocycles. The van der Waals surface area contributed by atoms with Gasteiger partial charge in [-0.15, -0.1) is 0 Å². The molecule has 1 aliphatic heterocycles. The van der Waals surface area contributed by atoms with Gasteiger partial charge in [0, 0.05) is 25.7 Å². The van der Waals surface area contributed by atoms with Crippen molar-refractivity contribution in [2.24, 2.45) is 5.92 Å². The number of halogens is 3. The van der Waals surface area contributed by atoms with Crippen LogP contribution in [-0.2, 0) is 30.1 Å². The van der Waals surface area contributed by atoms with E-state index in [9.17, 15) is 32.3 Å². The number of anilines is 1. The Labute approximate surface area is 158 Å². The van der Waals surface area contributed by atoms with Crippen LogP contribution >= 0.6 is 0 Å². The summed E-state index contributed by atoms with van der Waals surface area (Å²) in [5.41, 5.74) is -0.880. The Morgan fingerprint density at radius 2 is 1.96 bits per heavy atom. The van der Waals surface area contributed by atoms with Gasteiger partial charge in [-0.2, -0.15) is 13.2 Å². The molecule has 1 aromatic carbocycles. The van der Waals surface area contributed by atoms with Gasteiger partial charge in [-0.05, 0) is 18.2 Å². The van der Waals surface area contributed by atoms with E-state index in [1.165, 1.54) is 19.2 Å². The Kier molecular flexibility index (Phi) is 6.60. The maximum absolute atomic E-state index is 12.8. The summed E-state index contributed by atoms with van der Waals surface area (Å²) in [6.45, 7) is -1.07. The first kappa shape index (κ1) is 21.2. The number of rotatable bonds is 6. The maximum atomic E-state index is 12.8. The van der Waals surface area contributed by atoms with E-state index in [1.807, 2.05) is 0 Å². The van der Waals surface area contributed by atoms with Gasteiger partial charge in [0.1, 0.15) is 0 Å². The normalized spacial score (nSPS) is 16.6. The van der Waals surface area contributed by atoms with Crippen LogP contribution in [0.25, 0.3) is 0 Å². The zero-order chi connectivity index (χ0) is 20.9. The summed E-state index contributed by atoms with van der Waals surface area (Å²) in [5, 5.41) is 4.52. The molecule has 0 unspecified atom stereocenters. The van der Waals surface area contributed by atoms with E-state index in [2.05, 4.69) is 10.6 Å². The molecule has 8 nitrogen and oxygen atoms in total. The number of carbonyl (C=O) groups is 4. The number of esters is 1. The lowest BCUT2D eigenvalue weighted by Gasteiger charge is -2.18. The van der Waals surface area contributed by atoms with Crippen molar-refractivity contribution in [3.8, 4) is 0 Å². The molecule has 0 spiro atoms. The Bertz CT molecular complexity index is 782. The van der Waals surface area contributed by atoms with Crippen molar-refractivity contribution in [3.05, 3.63) is 29.8 Å². The van der Waals surface area contributed by atoms with E-state index in [0.717, 1.165) is 17.0 Å². The van der Waals surface area contributed by atoms with Crippen LogP contribution in [0.3, 0.4) is 0 Å². The van der Waals surface area contributed by atoms with Gasteiger partial charge in [-0.25, -0.2) is 0 Å². The maximum Gasteiger partial charge on any atom is 0.416 e. The van der Waals surface area contributed by atoms with E-state index in [0.29, 0.717) is 0 Å². The fourth-order valence-electron chi connectivity index (χ4n) is 2.54. The van der Waals surface area contributed by atoms with Gasteiger partial charge in [0.05, 0.1) is 18.0 Å². The molecule has 1 fully saturated rings. The monoisotopic (exact) mass is 401 g/mol. The molecule has 28 heavy (non-hydrogen) atoms. The zero-order valence-corrected chi connectivity index (χ0v) is 14.8. The Hall–Kier alpha value is -3.11. The van der Waals surface area contributed by atoms with E-state index < -0.39 is 48.0 Å². The minimum absolute atomic E-state index is 0.0263. The molecular weight excluding hydrogens is 383 g/mol. The molecular formula is C17H18F3N3O5. The van der Waals surface area contributed by atoms with Crippen molar-refractivity contribution in [2.75, 3.05) is 31.6 Å². The minimum Gasteiger partial charge on any atom is -0.455 e. The van der Waals surface area contributed by atoms with Crippen molar-refractivity contribution in [1.82, 2.24) is 10.6 Å². The molecule has 2 N–H and O–H groups in total. The molecule has 2 rings (SSSR count). The van der Waals surface area contributed by atoms with Gasteiger partial charge >= 0.3 is 12.1 Å². The molecule has 0 radical (unpaired) electrons. The van der Waals surface area contributed by atoms with Crippen LogP contribution in [0, 0.1) is 5.92 Å². The number of benzene rings is 1. The third kappa shape index (κ3) is 5.44. The first-order chi connectivity index (χ1) is 13.1. The molecule has 1 aromatic rings. The van der Waals surface area contributed by atoms with Gasteiger partial charge in [0.25, 0.3) is 5.91 Å². The highest BCUT2D eigenvalue weighted by atomic mass is 19.4. The van der Waals surface area contributed by atoms with Crippen molar-refractivity contribution in [3.63, 3.8) is 0 Å². The van der Waals surface area contributed by atoms with E-state index in [-0.39, 0.29) is 25.2 Å². The fraction of sp³-hybridized carbons (Fsp3) is 0.412. The predicted octanol–water partition coefficient (Wildman–Crippen LogP) is 0.464. The average molecular weight is 401 g/mol. The van der Waals surface area contributed by atoms with Gasteiger partial charge < -0.3 is 20.3 Å². The van der Waals surface area contributed by atoms with Crippen molar-refractivity contribution >= 4 is 29.4 Å². The summed E-state index contributed by atoms with van der Waals surface area (Å²) >= 11 is 0. The molecule has 11 heteroatoms. The topological polar surface area (TPSA) is 105 Å². The van der Waals surface area contributed by atoms with Crippen LogP contribution in [0.4, 0.5) is 18.9 Å². The van der Waals surface area contributed by atoms with Gasteiger partial charge in [-0.1, -0.05) is 6.07 Å². The minimum atomic E-state index is -4.56. The lowest BCUT2D eigenvalue weighted by Crippen LogP contribution is -2.37. The molecule has 0 saturated carbocycles. The van der Waals surface area contributed by atoms with Crippen LogP contribution in [0.2, 0.25) is 0 Å². The highest BCUT2D eigenvalue weighted by molar-refractivity contribution is 5.99. The second-order valence-electron chi connectivity index (χ2n) is 6.01. The SMILES string of the molecule is CNC(=O)CNC(=O)COC(=O)[C@@H]1CC(=O)N(c2cccc(C(F)(F)F)c2)C1. The first-order valence-corrected chi connectivity index (χ1v) is 8.23. The molecule has 0 aliphatic carbocycles. The van der Waals surface area contributed by atoms with Gasteiger partial charge in [0.15, 0.2) is 6.61 Å². The average Bonchev–Trinajstić information content (AvgIpc) is 3.05. The summed E-state index contributed by atoms with van der Waals surface area (Å²) in [7, 11) is 1.39. The number of amides is 3. The number of hydrogen-bond acceptors (Lipinski definition) is 5. The number of nitrogens with one attached hydrogen (secondary N) is 2. The lowest BCUT2D eigenvalue weighted by molar-refractivity contribution is -0.152. The van der Waals surface area contributed by atoms with Gasteiger partial charge in [-0.3, -0.25) is 19.2 Å². The number of ether oxygens (including phenoxy) is 1. The molecule has 1 atom stereocenters. The highest BCUT2D eigenvalue weighted by Crippen LogP contribution is 2.33. The third-order valence-corrected chi connectivity index (χ3v) is 4.01. The first-order valence-electron chi connectivity index (χ1n) is 8.23. The third-order valence-electron chi connectivity index (χ3n) is 4.01. The van der Waals surface area contributed by atoms with Crippen LogP contribution < -0.4 is 15.5 Å². The zero-order valence-electron chi connectivity index (χ0n) is 14.8. The summed E-state index contributed by atoms with van der Waals surface area (Å²) in [5.74, 6) is -3.38. The molecule has 0 aromatic heterocycles. The second-order valence-corrected chi connectivity index (χ2v) is 6.01. The van der Waals surface area contributed by atoms with Crippen LogP contribution in [0.1, 0.15) is 12.0 Å². The molecule has 0 bridgehead atoms. The van der Waals surface area contributed by atoms with E-state index in [4.69, 9.17) is 4.74 Å². The summed E-state index contributed by atoms with van der Waals surface area (Å²) < 4.78 is 43.3. The molecule has 1 heterocycles. The van der Waals surface area contributed by atoms with E-state index >= 15 is 0 Å². The number of nitrogens with zero attached hydrogens (tertiary/aromatic N) is 1. The largest absolute Gasteiger partial charge is 0.455 e. The number of hydrogen-bond donors (Lipinski definition) is 2. The number of carbonyl (C=O) groups excluding carboxylic acids is 4. The lowest BCUT2D eigenvalue weighted by atomic mass is 10.1. The molecule has 1 aliphatic rings. The summed E-state index contributed by atoms with van der Waals surface area (Å²) in [6, 6.07) is 4.23. The molecule has 3 amide bonds. The van der Waals surface area contributed by atoms with E-state index in [1.54, 1.807) is 0 Å². The number of likely N-dealkylation sites (N-methyl/N-ethyl adjacent to an activating group) is 1. The van der Waals surface area contributed by atoms with Crippen molar-refractivity contribution < 1.29 is 37.1 Å². The summed E-state index contributed by atoms with van der Waals surface area (Å²) in [6.07, 6.45) is -4.80. The quantitative estimate of drug-likeness (QED) is 0.674. The van der Waals surface area contributed by atoms with Crippen molar-refractivity contribution in [1.29, 1.82) is 0 Å². The fourth-order valence-corrected chi connectivity index (χ4v) is 2.54. The second kappa shape index (κ2) is 8.72. The van der Waals surface area contributed by atoms with Crippen molar-refractivity contribution in [2.45, 2.75) is 12.6 Å². The molecule has 152 valence electrons. The predicted molar refractivity (Wildman–Crippen MR) is 89.9 cm³/mol. The highest BCUT2D eigenvalue weighted by Gasteiger charge is 2.37. The van der Waals surface area contributed by atoms with Crippen LogP contribution in [-0.4, -0.2) is 50.4 Å². The van der Waals surface area contributed by atoms with Crippen LogP contribution in [0.15, 0.2) is 24.3 Å². The smallest absolute Gasteiger partial charge is 0.416 e. The Morgan fingerprint density at radius 3 is 2.61 bits per heavy atom. The Balaban J connectivity index is 1.92. The van der Waals surface area contributed by atoms with Crippen LogP contribution in [0.5, 0.6) is 0 Å². The Morgan fingerprint density at radius 1 is 1.25 bits per heavy atom.